The first-order valence-electron chi connectivity index (χ1n) is 10.4. The molecule has 4 rings (SSSR count). The summed E-state index contributed by atoms with van der Waals surface area (Å²) in [5.41, 5.74) is 3.85. The van der Waals surface area contributed by atoms with Crippen molar-refractivity contribution < 1.29 is 9.18 Å². The molecule has 0 atom stereocenters. The van der Waals surface area contributed by atoms with Gasteiger partial charge in [0.1, 0.15) is 5.82 Å². The van der Waals surface area contributed by atoms with E-state index in [1.165, 1.54) is 23.4 Å². The molecule has 0 aromatic heterocycles. The second-order valence-corrected chi connectivity index (χ2v) is 8.53. The molecule has 0 bridgehead atoms. The molecule has 0 saturated carbocycles. The maximum atomic E-state index is 13.5. The molecule has 3 aromatic carbocycles. The number of nitrogens with zero attached hydrogens (tertiary/aromatic N) is 2. The number of hydrogen-bond acceptors (Lipinski definition) is 3. The van der Waals surface area contributed by atoms with E-state index in [1.54, 1.807) is 6.07 Å². The summed E-state index contributed by atoms with van der Waals surface area (Å²) in [5.74, 6) is -0.721. The number of amides is 1. The van der Waals surface area contributed by atoms with Gasteiger partial charge in [-0.2, -0.15) is 0 Å². The summed E-state index contributed by atoms with van der Waals surface area (Å²) in [6.45, 7) is 5.23. The molecule has 0 radical (unpaired) electrons. The lowest BCUT2D eigenvalue weighted by molar-refractivity contribution is 0.0949. The van der Waals surface area contributed by atoms with Crippen LogP contribution in [0.4, 0.5) is 10.1 Å². The fraction of sp³-hybridized carbons (Fsp3) is 0.240. The van der Waals surface area contributed by atoms with Crippen molar-refractivity contribution in [1.82, 2.24) is 10.2 Å². The minimum atomic E-state index is -0.427. The second kappa shape index (κ2) is 10.1. The first-order chi connectivity index (χ1) is 15.1. The van der Waals surface area contributed by atoms with Crippen LogP contribution in [0.5, 0.6) is 0 Å². The summed E-state index contributed by atoms with van der Waals surface area (Å²) in [6.07, 6.45) is 0. The number of anilines is 1. The van der Waals surface area contributed by atoms with Gasteiger partial charge in [0.05, 0.1) is 5.56 Å². The van der Waals surface area contributed by atoms with Crippen molar-refractivity contribution in [3.63, 3.8) is 0 Å². The number of halogens is 2. The maximum absolute atomic E-state index is 13.5. The van der Waals surface area contributed by atoms with Gasteiger partial charge in [-0.25, -0.2) is 4.39 Å². The predicted octanol–water partition coefficient (Wildman–Crippen LogP) is 4.84. The Morgan fingerprint density at radius 3 is 2.32 bits per heavy atom. The highest BCUT2D eigenvalue weighted by atomic mass is 79.9. The SMILES string of the molecule is O=C(NCc1ccccc1CN1CCN(c2ccccc2)CC1)c1cc(F)ccc1Br. The lowest BCUT2D eigenvalue weighted by atomic mass is 10.1. The van der Waals surface area contributed by atoms with Crippen LogP contribution in [-0.2, 0) is 13.1 Å². The number of benzene rings is 3. The van der Waals surface area contributed by atoms with Gasteiger partial charge in [0.2, 0.25) is 0 Å². The summed E-state index contributed by atoms with van der Waals surface area (Å²) in [5, 5.41) is 2.93. The Labute approximate surface area is 190 Å². The van der Waals surface area contributed by atoms with Crippen LogP contribution in [0.25, 0.3) is 0 Å². The number of piperazine rings is 1. The first-order valence-corrected chi connectivity index (χ1v) is 11.2. The van der Waals surface area contributed by atoms with Crippen molar-refractivity contribution in [1.29, 1.82) is 0 Å². The Balaban J connectivity index is 1.36. The van der Waals surface area contributed by atoms with E-state index in [4.69, 9.17) is 0 Å². The fourth-order valence-electron chi connectivity index (χ4n) is 3.87. The Morgan fingerprint density at radius 1 is 0.903 bits per heavy atom. The van der Waals surface area contributed by atoms with Crippen molar-refractivity contribution in [2.75, 3.05) is 31.1 Å². The highest BCUT2D eigenvalue weighted by Crippen LogP contribution is 2.20. The molecule has 3 aromatic rings. The largest absolute Gasteiger partial charge is 0.369 e. The van der Waals surface area contributed by atoms with E-state index in [2.05, 4.69) is 61.4 Å². The minimum absolute atomic E-state index is 0.294. The number of carbonyl (C=O) groups is 1. The van der Waals surface area contributed by atoms with E-state index in [1.807, 2.05) is 24.3 Å². The normalized spacial score (nSPS) is 14.5. The summed E-state index contributed by atoms with van der Waals surface area (Å²) >= 11 is 3.32. The molecule has 160 valence electrons. The van der Waals surface area contributed by atoms with Crippen LogP contribution in [0.1, 0.15) is 21.5 Å². The van der Waals surface area contributed by atoms with Crippen LogP contribution in [0.15, 0.2) is 77.3 Å². The zero-order valence-electron chi connectivity index (χ0n) is 17.2. The Kier molecular flexibility index (Phi) is 6.99. The van der Waals surface area contributed by atoms with Crippen molar-refractivity contribution in [2.45, 2.75) is 13.1 Å². The highest BCUT2D eigenvalue weighted by Gasteiger charge is 2.18. The van der Waals surface area contributed by atoms with Gasteiger partial charge in [0, 0.05) is 49.4 Å². The monoisotopic (exact) mass is 481 g/mol. The molecule has 4 nitrogen and oxygen atoms in total. The average molecular weight is 482 g/mol. The quantitative estimate of drug-likeness (QED) is 0.546. The highest BCUT2D eigenvalue weighted by molar-refractivity contribution is 9.10. The van der Waals surface area contributed by atoms with Gasteiger partial charge in [-0.05, 0) is 57.4 Å². The van der Waals surface area contributed by atoms with Gasteiger partial charge >= 0.3 is 0 Å². The van der Waals surface area contributed by atoms with Gasteiger partial charge < -0.3 is 10.2 Å². The zero-order valence-corrected chi connectivity index (χ0v) is 18.8. The Morgan fingerprint density at radius 2 is 1.58 bits per heavy atom. The smallest absolute Gasteiger partial charge is 0.252 e. The molecular formula is C25H25BrFN3O. The predicted molar refractivity (Wildman–Crippen MR) is 126 cm³/mol. The second-order valence-electron chi connectivity index (χ2n) is 7.67. The summed E-state index contributed by atoms with van der Waals surface area (Å²) in [7, 11) is 0. The van der Waals surface area contributed by atoms with Crippen molar-refractivity contribution in [2.24, 2.45) is 0 Å². The minimum Gasteiger partial charge on any atom is -0.369 e. The van der Waals surface area contributed by atoms with E-state index in [-0.39, 0.29) is 5.91 Å². The molecule has 1 heterocycles. The van der Waals surface area contributed by atoms with Crippen LogP contribution in [-0.4, -0.2) is 37.0 Å². The van der Waals surface area contributed by atoms with Gasteiger partial charge in [-0.3, -0.25) is 9.69 Å². The van der Waals surface area contributed by atoms with Crippen LogP contribution >= 0.6 is 15.9 Å². The van der Waals surface area contributed by atoms with E-state index in [0.717, 1.165) is 38.3 Å². The summed E-state index contributed by atoms with van der Waals surface area (Å²) < 4.78 is 14.1. The third-order valence-corrected chi connectivity index (χ3v) is 6.31. The average Bonchev–Trinajstić information content (AvgIpc) is 2.81. The lowest BCUT2D eigenvalue weighted by Gasteiger charge is -2.36. The molecule has 1 aliphatic heterocycles. The summed E-state index contributed by atoms with van der Waals surface area (Å²) in [4.78, 5) is 17.4. The standard InChI is InChI=1S/C25H25BrFN3O/c26-24-11-10-21(27)16-23(24)25(31)28-17-19-6-4-5-7-20(19)18-29-12-14-30(15-13-29)22-8-2-1-3-9-22/h1-11,16H,12-15,17-18H2,(H,28,31). The molecule has 1 N–H and O–H groups in total. The van der Waals surface area contributed by atoms with Crippen LogP contribution in [0, 0.1) is 5.82 Å². The molecule has 0 spiro atoms. The number of nitrogens with one attached hydrogen (secondary N) is 1. The lowest BCUT2D eigenvalue weighted by Crippen LogP contribution is -2.46. The maximum Gasteiger partial charge on any atom is 0.252 e. The molecule has 6 heteroatoms. The van der Waals surface area contributed by atoms with Gasteiger partial charge in [-0.15, -0.1) is 0 Å². The molecule has 1 amide bonds. The van der Waals surface area contributed by atoms with E-state index >= 15 is 0 Å². The van der Waals surface area contributed by atoms with Gasteiger partial charge in [0.25, 0.3) is 5.91 Å². The van der Waals surface area contributed by atoms with Crippen molar-refractivity contribution >= 4 is 27.5 Å². The molecule has 1 aliphatic rings. The first kappa shape index (κ1) is 21.5. The van der Waals surface area contributed by atoms with Crippen molar-refractivity contribution in [3.8, 4) is 0 Å². The molecule has 1 fully saturated rings. The molecule has 0 aliphatic carbocycles. The number of hydrogen-bond donors (Lipinski definition) is 1. The van der Waals surface area contributed by atoms with Crippen LogP contribution in [0.2, 0.25) is 0 Å². The molecule has 0 unspecified atom stereocenters. The third-order valence-electron chi connectivity index (χ3n) is 5.62. The topological polar surface area (TPSA) is 35.6 Å². The van der Waals surface area contributed by atoms with Crippen LogP contribution in [0.3, 0.4) is 0 Å². The molecule has 1 saturated heterocycles. The Bertz CT molecular complexity index is 1040. The third kappa shape index (κ3) is 5.51. The van der Waals surface area contributed by atoms with Gasteiger partial charge in [0.15, 0.2) is 0 Å². The van der Waals surface area contributed by atoms with E-state index in [0.29, 0.717) is 16.6 Å². The van der Waals surface area contributed by atoms with Crippen LogP contribution < -0.4 is 10.2 Å². The fourth-order valence-corrected chi connectivity index (χ4v) is 4.30. The van der Waals surface area contributed by atoms with E-state index in [9.17, 15) is 9.18 Å². The Hall–Kier alpha value is -2.70. The zero-order chi connectivity index (χ0) is 21.6. The number of para-hydroxylation sites is 1. The molecule has 31 heavy (non-hydrogen) atoms. The summed E-state index contributed by atoms with van der Waals surface area (Å²) in [6, 6.07) is 22.8. The molecular weight excluding hydrogens is 457 g/mol. The number of carbonyl (C=O) groups excluding carboxylic acids is 1. The van der Waals surface area contributed by atoms with Crippen molar-refractivity contribution in [3.05, 3.63) is 99.8 Å². The van der Waals surface area contributed by atoms with Gasteiger partial charge in [-0.1, -0.05) is 42.5 Å². The van der Waals surface area contributed by atoms with E-state index < -0.39 is 5.82 Å². The number of rotatable bonds is 6.